The predicted molar refractivity (Wildman–Crippen MR) is 36.2 cm³/mol. The van der Waals surface area contributed by atoms with Gasteiger partial charge in [-0.15, -0.1) is 0 Å². The molecule has 0 amide bonds. The van der Waals surface area contributed by atoms with Gasteiger partial charge in [0.05, 0.1) is 6.10 Å². The van der Waals surface area contributed by atoms with Gasteiger partial charge in [-0.1, -0.05) is 13.8 Å². The lowest BCUT2D eigenvalue weighted by Crippen LogP contribution is -2.15. The maximum Gasteiger partial charge on any atom is 0.116 e. The zero-order valence-corrected chi connectivity index (χ0v) is 6.36. The van der Waals surface area contributed by atoms with Gasteiger partial charge in [0.15, 0.2) is 0 Å². The van der Waals surface area contributed by atoms with Crippen molar-refractivity contribution in [2.75, 3.05) is 13.8 Å². The van der Waals surface area contributed by atoms with E-state index in [1.54, 1.807) is 7.11 Å². The summed E-state index contributed by atoms with van der Waals surface area (Å²) in [7, 11) is 1.55. The quantitative estimate of drug-likeness (QED) is 0.571. The van der Waals surface area contributed by atoms with Crippen molar-refractivity contribution in [2.24, 2.45) is 5.92 Å². The molecule has 0 saturated carbocycles. The molecule has 1 nitrogen and oxygen atoms in total. The van der Waals surface area contributed by atoms with Crippen LogP contribution in [-0.4, -0.2) is 19.9 Å². The number of methoxy groups -OCH3 is 1. The van der Waals surface area contributed by atoms with Crippen molar-refractivity contribution in [1.29, 1.82) is 0 Å². The first kappa shape index (κ1) is 8.89. The Morgan fingerprint density at radius 3 is 2.11 bits per heavy atom. The lowest BCUT2D eigenvalue weighted by molar-refractivity contribution is 0.0630. The van der Waals surface area contributed by atoms with Crippen molar-refractivity contribution in [1.82, 2.24) is 0 Å². The van der Waals surface area contributed by atoms with E-state index in [-0.39, 0.29) is 12.8 Å². The van der Waals surface area contributed by atoms with Gasteiger partial charge in [0, 0.05) is 7.11 Å². The van der Waals surface area contributed by atoms with Crippen molar-refractivity contribution >= 4 is 0 Å². The Morgan fingerprint density at radius 2 is 2.00 bits per heavy atom. The van der Waals surface area contributed by atoms with Gasteiger partial charge in [0.1, 0.15) is 6.67 Å². The first-order valence-electron chi connectivity index (χ1n) is 3.29. The highest BCUT2D eigenvalue weighted by Crippen LogP contribution is 2.07. The number of alkyl halides is 1. The molecule has 0 heterocycles. The van der Waals surface area contributed by atoms with E-state index < -0.39 is 0 Å². The van der Waals surface area contributed by atoms with Crippen molar-refractivity contribution in [3.05, 3.63) is 0 Å². The van der Waals surface area contributed by atoms with Gasteiger partial charge in [-0.25, -0.2) is 4.39 Å². The average molecular weight is 134 g/mol. The van der Waals surface area contributed by atoms with E-state index in [1.165, 1.54) is 0 Å². The van der Waals surface area contributed by atoms with Crippen LogP contribution in [-0.2, 0) is 4.74 Å². The Labute approximate surface area is 56.2 Å². The van der Waals surface area contributed by atoms with Crippen LogP contribution in [0.4, 0.5) is 4.39 Å². The molecule has 9 heavy (non-hydrogen) atoms. The van der Waals surface area contributed by atoms with Crippen LogP contribution in [0, 0.1) is 5.92 Å². The molecular formula is C7H15FO. The smallest absolute Gasteiger partial charge is 0.116 e. The summed E-state index contributed by atoms with van der Waals surface area (Å²) in [6.07, 6.45) is 0.623. The molecule has 0 aliphatic rings. The second kappa shape index (κ2) is 4.74. The van der Waals surface area contributed by atoms with E-state index in [1.807, 2.05) is 0 Å². The maximum absolute atomic E-state index is 11.9. The van der Waals surface area contributed by atoms with E-state index in [4.69, 9.17) is 4.74 Å². The molecule has 0 bridgehead atoms. The van der Waals surface area contributed by atoms with E-state index in [0.717, 1.165) is 6.42 Å². The van der Waals surface area contributed by atoms with Gasteiger partial charge in [-0.05, 0) is 12.3 Å². The Hall–Kier alpha value is -0.110. The van der Waals surface area contributed by atoms with Crippen LogP contribution in [0.3, 0.4) is 0 Å². The van der Waals surface area contributed by atoms with Crippen LogP contribution in [0.15, 0.2) is 0 Å². The van der Waals surface area contributed by atoms with Crippen LogP contribution in [0.1, 0.15) is 20.3 Å². The fourth-order valence-electron chi connectivity index (χ4n) is 0.748. The number of rotatable bonds is 4. The van der Waals surface area contributed by atoms with Crippen molar-refractivity contribution < 1.29 is 9.13 Å². The maximum atomic E-state index is 11.9. The zero-order chi connectivity index (χ0) is 7.28. The molecule has 0 aliphatic carbocycles. The van der Waals surface area contributed by atoms with Gasteiger partial charge >= 0.3 is 0 Å². The van der Waals surface area contributed by atoms with Gasteiger partial charge in [-0.2, -0.15) is 0 Å². The number of hydrogen-bond donors (Lipinski definition) is 0. The molecule has 56 valence electrons. The monoisotopic (exact) mass is 134 g/mol. The minimum absolute atomic E-state index is 0.190. The van der Waals surface area contributed by atoms with Crippen molar-refractivity contribution in [2.45, 2.75) is 26.4 Å². The van der Waals surface area contributed by atoms with Crippen LogP contribution in [0.5, 0.6) is 0 Å². The molecule has 0 saturated heterocycles. The summed E-state index contributed by atoms with van der Waals surface area (Å²) in [4.78, 5) is 0. The molecule has 0 aromatic heterocycles. The Kier molecular flexibility index (Phi) is 4.68. The summed E-state index contributed by atoms with van der Waals surface area (Å²) < 4.78 is 16.7. The van der Waals surface area contributed by atoms with Gasteiger partial charge < -0.3 is 4.74 Å². The second-order valence-corrected chi connectivity index (χ2v) is 2.64. The molecular weight excluding hydrogens is 119 g/mol. The summed E-state index contributed by atoms with van der Waals surface area (Å²) in [5.74, 6) is 0.519. The number of halogens is 1. The summed E-state index contributed by atoms with van der Waals surface area (Å²) in [6, 6.07) is 0. The van der Waals surface area contributed by atoms with Crippen LogP contribution in [0.2, 0.25) is 0 Å². The Morgan fingerprint density at radius 1 is 1.44 bits per heavy atom. The highest BCUT2D eigenvalue weighted by Gasteiger charge is 2.07. The standard InChI is InChI=1S/C7H15FO/c1-6(2)4-7(5-8)9-3/h6-7H,4-5H2,1-3H3/t7-/m1/s1. The van der Waals surface area contributed by atoms with Gasteiger partial charge in [-0.3, -0.25) is 0 Å². The summed E-state index contributed by atoms with van der Waals surface area (Å²) in [5, 5.41) is 0. The zero-order valence-electron chi connectivity index (χ0n) is 6.36. The fourth-order valence-corrected chi connectivity index (χ4v) is 0.748. The lowest BCUT2D eigenvalue weighted by Gasteiger charge is -2.12. The number of ether oxygens (including phenoxy) is 1. The molecule has 0 unspecified atom stereocenters. The lowest BCUT2D eigenvalue weighted by atomic mass is 10.1. The molecule has 0 fully saturated rings. The molecule has 0 radical (unpaired) electrons. The topological polar surface area (TPSA) is 9.23 Å². The SMILES string of the molecule is CO[C@@H](CF)CC(C)C. The van der Waals surface area contributed by atoms with Gasteiger partial charge in [0.2, 0.25) is 0 Å². The van der Waals surface area contributed by atoms with Crippen molar-refractivity contribution in [3.8, 4) is 0 Å². The molecule has 2 heteroatoms. The normalized spacial score (nSPS) is 14.3. The molecule has 0 N–H and O–H groups in total. The van der Waals surface area contributed by atoms with Crippen molar-refractivity contribution in [3.63, 3.8) is 0 Å². The highest BCUT2D eigenvalue weighted by molar-refractivity contribution is 4.57. The Balaban J connectivity index is 3.31. The second-order valence-electron chi connectivity index (χ2n) is 2.64. The highest BCUT2D eigenvalue weighted by atomic mass is 19.1. The van der Waals surface area contributed by atoms with Crippen LogP contribution in [0.25, 0.3) is 0 Å². The third kappa shape index (κ3) is 4.40. The van der Waals surface area contributed by atoms with E-state index >= 15 is 0 Å². The minimum atomic E-state index is -0.366. The first-order chi connectivity index (χ1) is 4.20. The molecule has 0 rings (SSSR count). The average Bonchev–Trinajstić information content (AvgIpc) is 1.82. The van der Waals surface area contributed by atoms with E-state index in [9.17, 15) is 4.39 Å². The van der Waals surface area contributed by atoms with Crippen LogP contribution >= 0.6 is 0 Å². The summed E-state index contributed by atoms with van der Waals surface area (Å²) >= 11 is 0. The molecule has 0 aliphatic heterocycles. The largest absolute Gasteiger partial charge is 0.379 e. The molecule has 0 aromatic rings. The van der Waals surface area contributed by atoms with Gasteiger partial charge in [0.25, 0.3) is 0 Å². The van der Waals surface area contributed by atoms with E-state index in [0.29, 0.717) is 5.92 Å². The minimum Gasteiger partial charge on any atom is -0.379 e. The Bertz CT molecular complexity index is 59.9. The van der Waals surface area contributed by atoms with Crippen LogP contribution < -0.4 is 0 Å². The summed E-state index contributed by atoms with van der Waals surface area (Å²) in [5.41, 5.74) is 0. The molecule has 0 aromatic carbocycles. The third-order valence-electron chi connectivity index (χ3n) is 1.24. The summed E-state index contributed by atoms with van der Waals surface area (Å²) in [6.45, 7) is 3.75. The number of hydrogen-bond acceptors (Lipinski definition) is 1. The first-order valence-corrected chi connectivity index (χ1v) is 3.29. The predicted octanol–water partition coefficient (Wildman–Crippen LogP) is 2.02. The molecule has 1 atom stereocenters. The molecule has 0 spiro atoms. The fraction of sp³-hybridized carbons (Fsp3) is 1.00. The van der Waals surface area contributed by atoms with E-state index in [2.05, 4.69) is 13.8 Å². The third-order valence-corrected chi connectivity index (χ3v) is 1.24.